The van der Waals surface area contributed by atoms with Crippen LogP contribution >= 0.6 is 11.3 Å². The molecule has 1 amide bonds. The SMILES string of the molecule is CNc1ccccc1C(=O)NC(C)c1cc(C)sc1C. The first-order valence-electron chi connectivity index (χ1n) is 6.67. The Balaban J connectivity index is 2.17. The second-order valence-electron chi connectivity index (χ2n) is 4.86. The molecule has 1 aromatic heterocycles. The van der Waals surface area contributed by atoms with Crippen molar-refractivity contribution in [1.82, 2.24) is 5.32 Å². The van der Waals surface area contributed by atoms with Crippen molar-refractivity contribution in [2.75, 3.05) is 12.4 Å². The summed E-state index contributed by atoms with van der Waals surface area (Å²) in [4.78, 5) is 14.9. The van der Waals surface area contributed by atoms with E-state index in [2.05, 4.69) is 30.5 Å². The first kappa shape index (κ1) is 14.6. The van der Waals surface area contributed by atoms with E-state index in [9.17, 15) is 4.79 Å². The van der Waals surface area contributed by atoms with Crippen molar-refractivity contribution in [3.63, 3.8) is 0 Å². The summed E-state index contributed by atoms with van der Waals surface area (Å²) >= 11 is 1.76. The molecule has 3 nitrogen and oxygen atoms in total. The number of aryl methyl sites for hydroxylation is 2. The second kappa shape index (κ2) is 6.09. The summed E-state index contributed by atoms with van der Waals surface area (Å²) in [6.07, 6.45) is 0. The van der Waals surface area contributed by atoms with Crippen LogP contribution in [-0.2, 0) is 0 Å². The molecule has 1 unspecified atom stereocenters. The summed E-state index contributed by atoms with van der Waals surface area (Å²) in [6, 6.07) is 9.68. The van der Waals surface area contributed by atoms with Gasteiger partial charge >= 0.3 is 0 Å². The van der Waals surface area contributed by atoms with Crippen LogP contribution in [0.5, 0.6) is 0 Å². The topological polar surface area (TPSA) is 41.1 Å². The van der Waals surface area contributed by atoms with Gasteiger partial charge in [0.15, 0.2) is 0 Å². The third-order valence-electron chi connectivity index (χ3n) is 3.33. The van der Waals surface area contributed by atoms with Crippen LogP contribution in [0.15, 0.2) is 30.3 Å². The van der Waals surface area contributed by atoms with Crippen LogP contribution in [0.1, 0.15) is 38.6 Å². The van der Waals surface area contributed by atoms with Crippen LogP contribution in [0.2, 0.25) is 0 Å². The normalized spacial score (nSPS) is 12.0. The van der Waals surface area contributed by atoms with Crippen molar-refractivity contribution in [1.29, 1.82) is 0 Å². The molecule has 0 spiro atoms. The monoisotopic (exact) mass is 288 g/mol. The molecule has 2 rings (SSSR count). The largest absolute Gasteiger partial charge is 0.387 e. The molecule has 0 bridgehead atoms. The van der Waals surface area contributed by atoms with Crippen LogP contribution in [0.3, 0.4) is 0 Å². The zero-order valence-corrected chi connectivity index (χ0v) is 13.1. The van der Waals surface area contributed by atoms with Crippen molar-refractivity contribution in [2.24, 2.45) is 0 Å². The summed E-state index contributed by atoms with van der Waals surface area (Å²) in [5.74, 6) is -0.0503. The number of nitrogens with one attached hydrogen (secondary N) is 2. The maximum Gasteiger partial charge on any atom is 0.253 e. The number of hydrogen-bond donors (Lipinski definition) is 2. The number of amides is 1. The number of benzene rings is 1. The molecule has 2 aromatic rings. The molecule has 0 saturated carbocycles. The van der Waals surface area contributed by atoms with E-state index in [1.807, 2.05) is 38.2 Å². The van der Waals surface area contributed by atoms with Crippen LogP contribution in [0.25, 0.3) is 0 Å². The van der Waals surface area contributed by atoms with Gasteiger partial charge < -0.3 is 10.6 Å². The quantitative estimate of drug-likeness (QED) is 0.896. The highest BCUT2D eigenvalue weighted by atomic mass is 32.1. The lowest BCUT2D eigenvalue weighted by Gasteiger charge is -2.15. The minimum atomic E-state index is -0.0503. The minimum absolute atomic E-state index is 0.0114. The fourth-order valence-corrected chi connectivity index (χ4v) is 3.35. The number of anilines is 1. The predicted octanol–water partition coefficient (Wildman–Crippen LogP) is 3.90. The van der Waals surface area contributed by atoms with E-state index in [0.717, 1.165) is 5.69 Å². The zero-order valence-electron chi connectivity index (χ0n) is 12.3. The van der Waals surface area contributed by atoms with Crippen LogP contribution in [0, 0.1) is 13.8 Å². The van der Waals surface area contributed by atoms with Crippen molar-refractivity contribution in [2.45, 2.75) is 26.8 Å². The van der Waals surface area contributed by atoms with E-state index in [1.165, 1.54) is 15.3 Å². The van der Waals surface area contributed by atoms with Crippen molar-refractivity contribution in [3.05, 3.63) is 51.2 Å². The predicted molar refractivity (Wildman–Crippen MR) is 85.7 cm³/mol. The lowest BCUT2D eigenvalue weighted by Crippen LogP contribution is -2.27. The Labute approximate surface area is 124 Å². The second-order valence-corrected chi connectivity index (χ2v) is 6.32. The molecular weight excluding hydrogens is 268 g/mol. The Bertz CT molecular complexity index is 619. The van der Waals surface area contributed by atoms with Crippen molar-refractivity contribution >= 4 is 22.9 Å². The Morgan fingerprint density at radius 1 is 1.25 bits per heavy atom. The fraction of sp³-hybridized carbons (Fsp3) is 0.312. The molecule has 1 atom stereocenters. The molecule has 0 fully saturated rings. The fourth-order valence-electron chi connectivity index (χ4n) is 2.33. The highest BCUT2D eigenvalue weighted by Gasteiger charge is 2.16. The van der Waals surface area contributed by atoms with Gasteiger partial charge in [-0.15, -0.1) is 11.3 Å². The molecule has 106 valence electrons. The summed E-state index contributed by atoms with van der Waals surface area (Å²) in [7, 11) is 1.82. The molecule has 2 N–H and O–H groups in total. The van der Waals surface area contributed by atoms with E-state index in [-0.39, 0.29) is 11.9 Å². The van der Waals surface area contributed by atoms with Gasteiger partial charge in [0.2, 0.25) is 0 Å². The number of hydrogen-bond acceptors (Lipinski definition) is 3. The molecule has 0 saturated heterocycles. The lowest BCUT2D eigenvalue weighted by molar-refractivity contribution is 0.0940. The van der Waals surface area contributed by atoms with Gasteiger partial charge in [-0.05, 0) is 44.5 Å². The van der Waals surface area contributed by atoms with Gasteiger partial charge in [-0.25, -0.2) is 0 Å². The van der Waals surface area contributed by atoms with Gasteiger partial charge in [-0.2, -0.15) is 0 Å². The van der Waals surface area contributed by atoms with E-state index >= 15 is 0 Å². The first-order chi connectivity index (χ1) is 9.52. The van der Waals surface area contributed by atoms with Gasteiger partial charge in [-0.1, -0.05) is 12.1 Å². The number of carbonyl (C=O) groups excluding carboxylic acids is 1. The summed E-state index contributed by atoms with van der Waals surface area (Å²) in [5.41, 5.74) is 2.71. The minimum Gasteiger partial charge on any atom is -0.387 e. The highest BCUT2D eigenvalue weighted by Crippen LogP contribution is 2.26. The molecule has 4 heteroatoms. The van der Waals surface area contributed by atoms with Crippen LogP contribution < -0.4 is 10.6 Å². The number of carbonyl (C=O) groups is 1. The number of thiophene rings is 1. The molecule has 0 aliphatic rings. The summed E-state index contributed by atoms with van der Waals surface area (Å²) in [5, 5.41) is 6.12. The molecule has 0 aliphatic heterocycles. The number of rotatable bonds is 4. The van der Waals surface area contributed by atoms with E-state index < -0.39 is 0 Å². The lowest BCUT2D eigenvalue weighted by atomic mass is 10.1. The average molecular weight is 288 g/mol. The van der Waals surface area contributed by atoms with Gasteiger partial charge in [0.05, 0.1) is 11.6 Å². The molecular formula is C16H20N2OS. The van der Waals surface area contributed by atoms with E-state index in [4.69, 9.17) is 0 Å². The maximum absolute atomic E-state index is 12.4. The van der Waals surface area contributed by atoms with Gasteiger partial charge in [0, 0.05) is 22.5 Å². The molecule has 0 aliphatic carbocycles. The van der Waals surface area contributed by atoms with Crippen LogP contribution in [0.4, 0.5) is 5.69 Å². The molecule has 0 radical (unpaired) electrons. The third kappa shape index (κ3) is 3.02. The zero-order chi connectivity index (χ0) is 14.7. The number of para-hydroxylation sites is 1. The Hall–Kier alpha value is -1.81. The summed E-state index contributed by atoms with van der Waals surface area (Å²) < 4.78 is 0. The first-order valence-corrected chi connectivity index (χ1v) is 7.49. The third-order valence-corrected chi connectivity index (χ3v) is 4.32. The Morgan fingerprint density at radius 2 is 1.95 bits per heavy atom. The average Bonchev–Trinajstić information content (AvgIpc) is 2.77. The van der Waals surface area contributed by atoms with Gasteiger partial charge in [-0.3, -0.25) is 4.79 Å². The molecule has 20 heavy (non-hydrogen) atoms. The van der Waals surface area contributed by atoms with Crippen LogP contribution in [-0.4, -0.2) is 13.0 Å². The van der Waals surface area contributed by atoms with Crippen molar-refractivity contribution < 1.29 is 4.79 Å². The maximum atomic E-state index is 12.4. The van der Waals surface area contributed by atoms with Gasteiger partial charge in [0.1, 0.15) is 0 Å². The van der Waals surface area contributed by atoms with Gasteiger partial charge in [0.25, 0.3) is 5.91 Å². The molecule has 1 aromatic carbocycles. The Morgan fingerprint density at radius 3 is 2.55 bits per heavy atom. The Kier molecular flexibility index (Phi) is 4.45. The summed E-state index contributed by atoms with van der Waals surface area (Å²) in [6.45, 7) is 6.21. The standard InChI is InChI=1S/C16H20N2OS/c1-10-9-14(12(3)20-10)11(2)18-16(19)13-7-5-6-8-15(13)17-4/h5-9,11,17H,1-4H3,(H,18,19). The van der Waals surface area contributed by atoms with E-state index in [1.54, 1.807) is 11.3 Å². The highest BCUT2D eigenvalue weighted by molar-refractivity contribution is 7.12. The molecule has 1 heterocycles. The van der Waals surface area contributed by atoms with E-state index in [0.29, 0.717) is 5.56 Å². The smallest absolute Gasteiger partial charge is 0.253 e. The van der Waals surface area contributed by atoms with Crippen molar-refractivity contribution in [3.8, 4) is 0 Å².